The van der Waals surface area contributed by atoms with Crippen molar-refractivity contribution in [2.24, 2.45) is 0 Å². The number of hydrogen-bond donors (Lipinski definition) is 2. The van der Waals surface area contributed by atoms with Gasteiger partial charge in [-0.15, -0.1) is 0 Å². The maximum Gasteiger partial charge on any atom is 0.256 e. The Balaban J connectivity index is 1.56. The topological polar surface area (TPSA) is 58.2 Å². The van der Waals surface area contributed by atoms with Crippen molar-refractivity contribution in [2.75, 3.05) is 10.6 Å². The van der Waals surface area contributed by atoms with E-state index in [0.717, 1.165) is 17.2 Å². The lowest BCUT2D eigenvalue weighted by molar-refractivity contribution is -0.114. The number of rotatable bonds is 3. The third-order valence-corrected chi connectivity index (χ3v) is 3.98. The Hall–Kier alpha value is -2.10. The Morgan fingerprint density at radius 3 is 2.46 bits per heavy atom. The first kappa shape index (κ1) is 15.4. The second kappa shape index (κ2) is 6.42. The Bertz CT molecular complexity index is 696. The minimum Gasteiger partial charge on any atom is -0.326 e. The van der Waals surface area contributed by atoms with Crippen LogP contribution < -0.4 is 10.6 Å². The van der Waals surface area contributed by atoms with Crippen LogP contribution in [0, 0.1) is 63.2 Å². The molecule has 24 heavy (non-hydrogen) atoms. The summed E-state index contributed by atoms with van der Waals surface area (Å²) in [6.07, 6.45) is 16.8. The number of amides is 2. The van der Waals surface area contributed by atoms with E-state index in [-0.39, 0.29) is 11.8 Å². The fraction of sp³-hybridized carbons (Fsp3) is 0. The van der Waals surface area contributed by atoms with E-state index in [1.165, 1.54) is 0 Å². The van der Waals surface area contributed by atoms with Crippen LogP contribution in [0.15, 0.2) is 24.3 Å². The van der Waals surface area contributed by atoms with Gasteiger partial charge in [0, 0.05) is 28.4 Å². The number of anilines is 2. The van der Waals surface area contributed by atoms with Gasteiger partial charge >= 0.3 is 0 Å². The van der Waals surface area contributed by atoms with Crippen molar-refractivity contribution in [3.8, 4) is 0 Å². The Labute approximate surface area is 142 Å². The molecule has 0 aromatic heterocycles. The second-order valence-corrected chi connectivity index (χ2v) is 5.62. The van der Waals surface area contributed by atoms with Gasteiger partial charge in [-0.1, -0.05) is 6.08 Å². The lowest BCUT2D eigenvalue weighted by Crippen LogP contribution is -2.19. The molecule has 2 amide bonds. The average Bonchev–Trinajstić information content (AvgIpc) is 3.31. The third-order valence-electron chi connectivity index (χ3n) is 3.98. The summed E-state index contributed by atoms with van der Waals surface area (Å²) in [5.74, 6) is 1.28. The summed E-state index contributed by atoms with van der Waals surface area (Å²) in [4.78, 5) is 24.4. The molecular weight excluding hydrogens is 300 g/mol. The predicted molar refractivity (Wildman–Crippen MR) is 92.6 cm³/mol. The summed E-state index contributed by atoms with van der Waals surface area (Å²) in [5, 5.41) is 5.71. The summed E-state index contributed by atoms with van der Waals surface area (Å²) >= 11 is 0. The van der Waals surface area contributed by atoms with Crippen LogP contribution in [0.4, 0.5) is 11.4 Å². The zero-order chi connectivity index (χ0) is 16.5. The predicted octanol–water partition coefficient (Wildman–Crippen LogP) is 2.77. The van der Waals surface area contributed by atoms with Gasteiger partial charge in [-0.2, -0.15) is 0 Å². The zero-order valence-electron chi connectivity index (χ0n) is 12.7. The fourth-order valence-corrected chi connectivity index (χ4v) is 2.79. The number of carbonyl (C=O) groups is 2. The van der Waals surface area contributed by atoms with Crippen LogP contribution >= 0.6 is 0 Å². The molecule has 0 spiro atoms. The molecule has 1 aromatic rings. The molecule has 0 bridgehead atoms. The molecule has 2 aliphatic carbocycles. The molecular formula is C20H14N2O2. The van der Waals surface area contributed by atoms with Crippen molar-refractivity contribution in [3.05, 3.63) is 93.0 Å². The summed E-state index contributed by atoms with van der Waals surface area (Å²) in [7, 11) is 0. The second-order valence-electron chi connectivity index (χ2n) is 5.62. The number of nitrogens with one attached hydrogen (secondary N) is 2. The first-order valence-electron chi connectivity index (χ1n) is 7.63. The minimum atomic E-state index is -0.168. The maximum atomic E-state index is 12.2. The van der Waals surface area contributed by atoms with Crippen LogP contribution in [0.3, 0.4) is 0 Å². The van der Waals surface area contributed by atoms with E-state index in [4.69, 9.17) is 0 Å². The largest absolute Gasteiger partial charge is 0.326 e. The van der Waals surface area contributed by atoms with Crippen molar-refractivity contribution in [2.45, 2.75) is 0 Å². The molecule has 1 aromatic carbocycles. The molecule has 0 atom stereocenters. The van der Waals surface area contributed by atoms with Crippen molar-refractivity contribution in [1.82, 2.24) is 0 Å². The number of benzene rings is 1. The van der Waals surface area contributed by atoms with E-state index in [0.29, 0.717) is 17.2 Å². The zero-order valence-corrected chi connectivity index (χ0v) is 12.7. The number of allylic oxidation sites excluding steroid dienone is 1. The van der Waals surface area contributed by atoms with Crippen molar-refractivity contribution < 1.29 is 9.59 Å². The maximum absolute atomic E-state index is 12.2. The molecule has 4 heteroatoms. The fourth-order valence-electron chi connectivity index (χ4n) is 2.79. The summed E-state index contributed by atoms with van der Waals surface area (Å²) in [6, 6.07) is 5.41. The van der Waals surface area contributed by atoms with Crippen LogP contribution in [-0.4, -0.2) is 11.8 Å². The van der Waals surface area contributed by atoms with E-state index in [1.54, 1.807) is 25.0 Å². The summed E-state index contributed by atoms with van der Waals surface area (Å²) in [5.41, 5.74) is 2.80. The Kier molecular flexibility index (Phi) is 4.13. The Morgan fingerprint density at radius 1 is 1.00 bits per heavy atom. The summed E-state index contributed by atoms with van der Waals surface area (Å²) < 4.78 is 0. The van der Waals surface area contributed by atoms with Crippen LogP contribution in [0.5, 0.6) is 0 Å². The van der Waals surface area contributed by atoms with Crippen molar-refractivity contribution in [3.63, 3.8) is 0 Å². The Morgan fingerprint density at radius 2 is 1.71 bits per heavy atom. The van der Waals surface area contributed by atoms with Gasteiger partial charge in [-0.3, -0.25) is 9.59 Å². The molecule has 116 valence electrons. The first-order valence-corrected chi connectivity index (χ1v) is 7.63. The number of fused-ring (bicyclic) bond motifs is 1. The quantitative estimate of drug-likeness (QED) is 0.843. The molecule has 2 saturated carbocycles. The smallest absolute Gasteiger partial charge is 0.256 e. The SMILES string of the molecule is O=C(Nc1ccc2c(c1)/C(=C\[C]1[CH][CH][CH][CH]1)C(=O)N2)[C]1[CH][CH][CH][CH]1. The molecule has 0 unspecified atom stereocenters. The van der Waals surface area contributed by atoms with Crippen LogP contribution in [0.25, 0.3) is 5.57 Å². The molecule has 3 aliphatic rings. The normalized spacial score (nSPS) is 22.8. The van der Waals surface area contributed by atoms with E-state index in [9.17, 15) is 9.59 Å². The average molecular weight is 314 g/mol. The minimum absolute atomic E-state index is 0.134. The highest BCUT2D eigenvalue weighted by atomic mass is 16.2. The van der Waals surface area contributed by atoms with E-state index in [1.807, 2.05) is 50.7 Å². The van der Waals surface area contributed by atoms with Gasteiger partial charge in [0.15, 0.2) is 0 Å². The van der Waals surface area contributed by atoms with Gasteiger partial charge in [0.25, 0.3) is 5.91 Å². The highest BCUT2D eigenvalue weighted by Gasteiger charge is 2.28. The molecule has 10 radical (unpaired) electrons. The van der Waals surface area contributed by atoms with E-state index < -0.39 is 0 Å². The highest BCUT2D eigenvalue weighted by Crippen LogP contribution is 2.37. The lowest BCUT2D eigenvalue weighted by Gasteiger charge is -2.10. The van der Waals surface area contributed by atoms with E-state index in [2.05, 4.69) is 10.6 Å². The van der Waals surface area contributed by atoms with Gasteiger partial charge in [0.05, 0.1) is 5.92 Å². The summed E-state index contributed by atoms with van der Waals surface area (Å²) in [6.45, 7) is 0. The molecule has 4 rings (SSSR count). The van der Waals surface area contributed by atoms with Crippen LogP contribution in [-0.2, 0) is 9.59 Å². The van der Waals surface area contributed by atoms with Crippen LogP contribution in [0.1, 0.15) is 5.56 Å². The highest BCUT2D eigenvalue weighted by molar-refractivity contribution is 6.32. The monoisotopic (exact) mass is 314 g/mol. The van der Waals surface area contributed by atoms with Crippen molar-refractivity contribution >= 4 is 28.8 Å². The molecule has 2 fully saturated rings. The van der Waals surface area contributed by atoms with Crippen molar-refractivity contribution in [1.29, 1.82) is 0 Å². The molecule has 2 N–H and O–H groups in total. The number of hydrogen-bond acceptors (Lipinski definition) is 2. The van der Waals surface area contributed by atoms with Gasteiger partial charge in [-0.25, -0.2) is 0 Å². The first-order chi connectivity index (χ1) is 11.7. The molecule has 1 aliphatic heterocycles. The third kappa shape index (κ3) is 2.97. The molecule has 4 nitrogen and oxygen atoms in total. The van der Waals surface area contributed by atoms with E-state index >= 15 is 0 Å². The number of carbonyl (C=O) groups excluding carboxylic acids is 2. The van der Waals surface area contributed by atoms with Gasteiger partial charge in [0.2, 0.25) is 5.91 Å². The standard InChI is InChI=1S/C20H14N2O2/c23-19(14-7-3-4-8-14)21-15-9-10-18-16(12-15)17(20(24)22-18)11-13-5-1-2-6-13/h1-12H,(H,21,23)(H,22,24)/b17-11+. The molecule has 1 heterocycles. The lowest BCUT2D eigenvalue weighted by atomic mass is 9.99. The van der Waals surface area contributed by atoms with Gasteiger partial charge in [-0.05, 0) is 69.6 Å². The van der Waals surface area contributed by atoms with Gasteiger partial charge < -0.3 is 10.6 Å². The van der Waals surface area contributed by atoms with Gasteiger partial charge in [0.1, 0.15) is 0 Å². The molecule has 0 saturated heterocycles. The van der Waals surface area contributed by atoms with Crippen LogP contribution in [0.2, 0.25) is 0 Å².